The molecule has 0 aliphatic carbocycles. The molecular formula is C27H24N2O4. The van der Waals surface area contributed by atoms with Crippen LogP contribution in [0.25, 0.3) is 5.52 Å². The molecule has 4 rings (SSSR count). The SMILES string of the molecule is CCOC(=O)c1cc(C(=O)c2ccccc2)n2ccc(C(=O)N[C@H](C)c3ccccc3)cc12. The summed E-state index contributed by atoms with van der Waals surface area (Å²) in [7, 11) is 0. The summed E-state index contributed by atoms with van der Waals surface area (Å²) in [6, 6.07) is 23.1. The summed E-state index contributed by atoms with van der Waals surface area (Å²) >= 11 is 0. The summed E-state index contributed by atoms with van der Waals surface area (Å²) in [5, 5.41) is 2.98. The summed E-state index contributed by atoms with van der Waals surface area (Å²) in [5.74, 6) is -1.05. The molecule has 0 spiro atoms. The average molecular weight is 440 g/mol. The first kappa shape index (κ1) is 22.0. The quantitative estimate of drug-likeness (QED) is 0.330. The third-order valence-electron chi connectivity index (χ3n) is 5.44. The van der Waals surface area contributed by atoms with Crippen molar-refractivity contribution in [1.82, 2.24) is 9.72 Å². The molecule has 1 N–H and O–H groups in total. The molecule has 2 aromatic carbocycles. The zero-order valence-corrected chi connectivity index (χ0v) is 18.4. The molecule has 1 amide bonds. The van der Waals surface area contributed by atoms with E-state index < -0.39 is 5.97 Å². The van der Waals surface area contributed by atoms with E-state index in [1.54, 1.807) is 53.9 Å². The maximum atomic E-state index is 13.1. The number of pyridine rings is 1. The fraction of sp³-hybridized carbons (Fsp3) is 0.148. The highest BCUT2D eigenvalue weighted by molar-refractivity contribution is 6.11. The molecule has 0 aliphatic rings. The lowest BCUT2D eigenvalue weighted by molar-refractivity contribution is 0.0528. The minimum atomic E-state index is -0.544. The molecule has 1 atom stereocenters. The van der Waals surface area contributed by atoms with Gasteiger partial charge in [0.05, 0.1) is 29.4 Å². The summed E-state index contributed by atoms with van der Waals surface area (Å²) in [6.45, 7) is 3.83. The van der Waals surface area contributed by atoms with E-state index in [2.05, 4.69) is 5.32 Å². The molecule has 4 aromatic rings. The van der Waals surface area contributed by atoms with E-state index >= 15 is 0 Å². The molecule has 2 heterocycles. The normalized spacial score (nSPS) is 11.7. The van der Waals surface area contributed by atoms with Gasteiger partial charge >= 0.3 is 5.97 Å². The lowest BCUT2D eigenvalue weighted by Crippen LogP contribution is -2.26. The zero-order chi connectivity index (χ0) is 23.4. The molecule has 2 aromatic heterocycles. The Hall–Kier alpha value is -4.19. The minimum absolute atomic E-state index is 0.193. The van der Waals surface area contributed by atoms with Crippen molar-refractivity contribution in [1.29, 1.82) is 0 Å². The highest BCUT2D eigenvalue weighted by Gasteiger charge is 2.22. The lowest BCUT2D eigenvalue weighted by atomic mass is 10.1. The fourth-order valence-corrected chi connectivity index (χ4v) is 3.73. The van der Waals surface area contributed by atoms with Gasteiger partial charge in [0.2, 0.25) is 5.78 Å². The van der Waals surface area contributed by atoms with Gasteiger partial charge in [-0.2, -0.15) is 0 Å². The van der Waals surface area contributed by atoms with Crippen LogP contribution in [0.3, 0.4) is 0 Å². The van der Waals surface area contributed by atoms with Crippen molar-refractivity contribution in [3.05, 3.63) is 113 Å². The fourth-order valence-electron chi connectivity index (χ4n) is 3.73. The van der Waals surface area contributed by atoms with Gasteiger partial charge in [-0.3, -0.25) is 9.59 Å². The molecule has 0 unspecified atom stereocenters. The number of carbonyl (C=O) groups excluding carboxylic acids is 3. The highest BCUT2D eigenvalue weighted by Crippen LogP contribution is 2.23. The molecule has 33 heavy (non-hydrogen) atoms. The summed E-state index contributed by atoms with van der Waals surface area (Å²) < 4.78 is 6.82. The van der Waals surface area contributed by atoms with Crippen LogP contribution in [0.5, 0.6) is 0 Å². The van der Waals surface area contributed by atoms with Crippen LogP contribution in [0.2, 0.25) is 0 Å². The molecule has 6 heteroatoms. The van der Waals surface area contributed by atoms with Gasteiger partial charge in [-0.15, -0.1) is 0 Å². The van der Waals surface area contributed by atoms with Crippen LogP contribution in [0, 0.1) is 0 Å². The van der Waals surface area contributed by atoms with Crippen molar-refractivity contribution < 1.29 is 19.1 Å². The van der Waals surface area contributed by atoms with E-state index in [1.807, 2.05) is 43.3 Å². The zero-order valence-electron chi connectivity index (χ0n) is 18.4. The number of esters is 1. The first-order valence-corrected chi connectivity index (χ1v) is 10.8. The Bertz CT molecular complexity index is 1310. The van der Waals surface area contributed by atoms with Crippen LogP contribution in [-0.2, 0) is 4.74 Å². The molecule has 0 radical (unpaired) electrons. The second-order valence-electron chi connectivity index (χ2n) is 7.64. The Balaban J connectivity index is 1.72. The molecule has 0 aliphatic heterocycles. The number of hydrogen-bond acceptors (Lipinski definition) is 4. The second kappa shape index (κ2) is 9.53. The van der Waals surface area contributed by atoms with Gasteiger partial charge in [-0.1, -0.05) is 60.7 Å². The van der Waals surface area contributed by atoms with Crippen molar-refractivity contribution >= 4 is 23.2 Å². The number of benzene rings is 2. The van der Waals surface area contributed by atoms with Crippen LogP contribution in [0.1, 0.15) is 62.2 Å². The number of nitrogens with zero attached hydrogens (tertiary/aromatic N) is 1. The summed E-state index contributed by atoms with van der Waals surface area (Å²) in [6.07, 6.45) is 1.64. The molecule has 166 valence electrons. The first-order chi connectivity index (χ1) is 16.0. The predicted molar refractivity (Wildman–Crippen MR) is 126 cm³/mol. The molecule has 0 saturated heterocycles. The van der Waals surface area contributed by atoms with Crippen molar-refractivity contribution in [2.24, 2.45) is 0 Å². The number of ketones is 1. The first-order valence-electron chi connectivity index (χ1n) is 10.8. The summed E-state index contributed by atoms with van der Waals surface area (Å²) in [5.41, 5.74) is 2.87. The third-order valence-corrected chi connectivity index (χ3v) is 5.44. The van der Waals surface area contributed by atoms with Gasteiger partial charge in [0.25, 0.3) is 5.91 Å². The largest absolute Gasteiger partial charge is 0.462 e. The third kappa shape index (κ3) is 4.55. The van der Waals surface area contributed by atoms with E-state index in [1.165, 1.54) is 6.07 Å². The van der Waals surface area contributed by atoms with Gasteiger partial charge in [0.1, 0.15) is 0 Å². The number of ether oxygens (including phenoxy) is 1. The molecule has 6 nitrogen and oxygen atoms in total. The maximum Gasteiger partial charge on any atom is 0.340 e. The standard InChI is InChI=1S/C27H24N2O4/c1-3-33-27(32)22-17-24(25(30)20-12-8-5-9-13-20)29-15-14-21(16-23(22)29)26(31)28-18(2)19-10-6-4-7-11-19/h4-18H,3H2,1-2H3,(H,28,31)/t18-/m1/s1. The monoisotopic (exact) mass is 440 g/mol. The Morgan fingerprint density at radius 2 is 1.58 bits per heavy atom. The number of hydrogen-bond donors (Lipinski definition) is 1. The van der Waals surface area contributed by atoms with Crippen molar-refractivity contribution in [3.63, 3.8) is 0 Å². The Morgan fingerprint density at radius 1 is 0.909 bits per heavy atom. The number of fused-ring (bicyclic) bond motifs is 1. The Morgan fingerprint density at radius 3 is 2.24 bits per heavy atom. The maximum absolute atomic E-state index is 13.1. The van der Waals surface area contributed by atoms with Crippen LogP contribution in [0.15, 0.2) is 85.1 Å². The average Bonchev–Trinajstić information content (AvgIpc) is 3.23. The predicted octanol–water partition coefficient (Wildman–Crippen LogP) is 4.84. The van der Waals surface area contributed by atoms with Gasteiger partial charge in [0, 0.05) is 17.3 Å². The highest BCUT2D eigenvalue weighted by atomic mass is 16.5. The van der Waals surface area contributed by atoms with Gasteiger partial charge < -0.3 is 14.5 Å². The van der Waals surface area contributed by atoms with Crippen molar-refractivity contribution in [3.8, 4) is 0 Å². The van der Waals surface area contributed by atoms with Crippen LogP contribution >= 0.6 is 0 Å². The lowest BCUT2D eigenvalue weighted by Gasteiger charge is -2.14. The number of aromatic nitrogens is 1. The van der Waals surface area contributed by atoms with Gasteiger partial charge in [0.15, 0.2) is 0 Å². The molecule has 0 fully saturated rings. The van der Waals surface area contributed by atoms with E-state index in [4.69, 9.17) is 4.74 Å². The molecular weight excluding hydrogens is 416 g/mol. The van der Waals surface area contributed by atoms with E-state index in [-0.39, 0.29) is 29.9 Å². The van der Waals surface area contributed by atoms with Crippen molar-refractivity contribution in [2.75, 3.05) is 6.61 Å². The number of amides is 1. The number of nitrogens with one attached hydrogen (secondary N) is 1. The van der Waals surface area contributed by atoms with E-state index in [0.29, 0.717) is 22.3 Å². The number of carbonyl (C=O) groups is 3. The molecule has 0 bridgehead atoms. The topological polar surface area (TPSA) is 76.9 Å². The van der Waals surface area contributed by atoms with Crippen LogP contribution in [0.4, 0.5) is 0 Å². The van der Waals surface area contributed by atoms with Crippen molar-refractivity contribution in [2.45, 2.75) is 19.9 Å². The minimum Gasteiger partial charge on any atom is -0.462 e. The van der Waals surface area contributed by atoms with Gasteiger partial charge in [-0.05, 0) is 37.6 Å². The Kier molecular flexibility index (Phi) is 6.36. The number of rotatable bonds is 7. The van der Waals surface area contributed by atoms with Crippen LogP contribution in [-0.4, -0.2) is 28.7 Å². The van der Waals surface area contributed by atoms with Gasteiger partial charge in [-0.25, -0.2) is 4.79 Å². The van der Waals surface area contributed by atoms with E-state index in [9.17, 15) is 14.4 Å². The molecule has 0 saturated carbocycles. The Labute approximate surface area is 191 Å². The smallest absolute Gasteiger partial charge is 0.340 e. The second-order valence-corrected chi connectivity index (χ2v) is 7.64. The summed E-state index contributed by atoms with van der Waals surface area (Å²) in [4.78, 5) is 38.7. The van der Waals surface area contributed by atoms with Crippen LogP contribution < -0.4 is 5.32 Å². The van der Waals surface area contributed by atoms with E-state index in [0.717, 1.165) is 5.56 Å².